The van der Waals surface area contributed by atoms with Gasteiger partial charge >= 0.3 is 0 Å². The molecule has 7 nitrogen and oxygen atoms in total. The number of aromatic nitrogens is 3. The van der Waals surface area contributed by atoms with Crippen molar-refractivity contribution in [3.05, 3.63) is 88.1 Å². The first-order chi connectivity index (χ1) is 17.0. The van der Waals surface area contributed by atoms with Crippen LogP contribution in [0.4, 0.5) is 4.39 Å². The van der Waals surface area contributed by atoms with E-state index >= 15 is 0 Å². The summed E-state index contributed by atoms with van der Waals surface area (Å²) in [5.41, 5.74) is 1.77. The Balaban J connectivity index is 1.26. The van der Waals surface area contributed by atoms with E-state index in [0.29, 0.717) is 53.9 Å². The Bertz CT molecular complexity index is 1400. The molecule has 2 aromatic carbocycles. The van der Waals surface area contributed by atoms with Gasteiger partial charge in [0.1, 0.15) is 5.82 Å². The highest BCUT2D eigenvalue weighted by Gasteiger charge is 2.27. The zero-order valence-electron chi connectivity index (χ0n) is 19.4. The lowest BCUT2D eigenvalue weighted by atomic mass is 9.95. The minimum Gasteiger partial charge on any atom is -0.340 e. The summed E-state index contributed by atoms with van der Waals surface area (Å²) in [6, 6.07) is 17.8. The number of amides is 1. The van der Waals surface area contributed by atoms with Gasteiger partial charge < -0.3 is 4.90 Å². The van der Waals surface area contributed by atoms with E-state index in [0.717, 1.165) is 12.0 Å². The Morgan fingerprint density at radius 3 is 2.49 bits per heavy atom. The Morgan fingerprint density at radius 2 is 1.77 bits per heavy atom. The number of fused-ring (bicyclic) bond motifs is 1. The molecule has 180 valence electrons. The number of hydrogen-bond acceptors (Lipinski definition) is 6. The van der Waals surface area contributed by atoms with Crippen LogP contribution in [0.5, 0.6) is 0 Å². The zero-order chi connectivity index (χ0) is 24.4. The quantitative estimate of drug-likeness (QED) is 0.410. The maximum atomic E-state index is 14.2. The third-order valence-corrected chi connectivity index (χ3v) is 7.32. The van der Waals surface area contributed by atoms with E-state index in [2.05, 4.69) is 15.0 Å². The minimum atomic E-state index is -0.384. The van der Waals surface area contributed by atoms with Crippen LogP contribution < -0.4 is 5.56 Å². The first-order valence-corrected chi connectivity index (χ1v) is 12.6. The highest BCUT2D eigenvalue weighted by molar-refractivity contribution is 7.19. The highest BCUT2D eigenvalue weighted by atomic mass is 32.1. The van der Waals surface area contributed by atoms with Crippen molar-refractivity contribution in [1.82, 2.24) is 24.4 Å². The molecule has 0 saturated carbocycles. The number of benzene rings is 2. The van der Waals surface area contributed by atoms with Crippen LogP contribution in [-0.2, 0) is 11.3 Å². The lowest BCUT2D eigenvalue weighted by Gasteiger charge is -2.36. The summed E-state index contributed by atoms with van der Waals surface area (Å²) >= 11 is 1.19. The van der Waals surface area contributed by atoms with Crippen LogP contribution in [0.1, 0.15) is 30.5 Å². The fourth-order valence-electron chi connectivity index (χ4n) is 4.49. The molecule has 9 heteroatoms. The molecule has 2 aromatic heterocycles. The molecule has 1 aliphatic heterocycles. The Labute approximate surface area is 206 Å². The molecule has 0 N–H and O–H groups in total. The fourth-order valence-corrected chi connectivity index (χ4v) is 5.45. The van der Waals surface area contributed by atoms with Crippen LogP contribution in [0.25, 0.3) is 15.5 Å². The molecule has 3 heterocycles. The van der Waals surface area contributed by atoms with Crippen LogP contribution in [0.15, 0.2) is 65.5 Å². The smallest absolute Gasteiger partial charge is 0.275 e. The summed E-state index contributed by atoms with van der Waals surface area (Å²) in [5, 5.41) is 4.69. The second-order valence-electron chi connectivity index (χ2n) is 8.64. The van der Waals surface area contributed by atoms with Crippen molar-refractivity contribution in [2.75, 3.05) is 26.2 Å². The van der Waals surface area contributed by atoms with Gasteiger partial charge in [0, 0.05) is 44.4 Å². The third-order valence-electron chi connectivity index (χ3n) is 6.38. The number of piperazine rings is 1. The third kappa shape index (κ3) is 4.87. The monoisotopic (exact) mass is 491 g/mol. The molecule has 0 spiro atoms. The van der Waals surface area contributed by atoms with Gasteiger partial charge in [-0.1, -0.05) is 60.7 Å². The molecule has 0 radical (unpaired) electrons. The van der Waals surface area contributed by atoms with Crippen LogP contribution in [0.3, 0.4) is 0 Å². The molecule has 5 rings (SSSR count). The summed E-state index contributed by atoms with van der Waals surface area (Å²) in [5.74, 6) is -0.340. The SMILES string of the molecule is CC[C@H](C(=O)N1CCN(Cc2cc(=O)n3nc(-c4ccccc4F)sc3n2)CC1)c1ccccc1. The van der Waals surface area contributed by atoms with Crippen molar-refractivity contribution in [2.24, 2.45) is 0 Å². The summed E-state index contributed by atoms with van der Waals surface area (Å²) in [6.07, 6.45) is 0.765. The van der Waals surface area contributed by atoms with Crippen molar-refractivity contribution in [3.8, 4) is 10.6 Å². The maximum Gasteiger partial charge on any atom is 0.275 e. The van der Waals surface area contributed by atoms with Gasteiger partial charge in [0.2, 0.25) is 10.9 Å². The van der Waals surface area contributed by atoms with E-state index in [4.69, 9.17) is 0 Å². The van der Waals surface area contributed by atoms with E-state index in [9.17, 15) is 14.0 Å². The van der Waals surface area contributed by atoms with Crippen molar-refractivity contribution in [3.63, 3.8) is 0 Å². The van der Waals surface area contributed by atoms with Crippen molar-refractivity contribution in [2.45, 2.75) is 25.8 Å². The standard InChI is InChI=1S/C26H26FN5O2S/c1-2-20(18-8-4-3-5-9-18)25(34)31-14-12-30(13-15-31)17-19-16-23(33)32-26(28-19)35-24(29-32)21-10-6-7-11-22(21)27/h3-11,16,20H,2,12-15,17H2,1H3/t20-/m0/s1. The van der Waals surface area contributed by atoms with E-state index in [1.165, 1.54) is 28.0 Å². The average Bonchev–Trinajstić information content (AvgIpc) is 3.30. The summed E-state index contributed by atoms with van der Waals surface area (Å²) < 4.78 is 15.4. The van der Waals surface area contributed by atoms with Gasteiger partial charge in [-0.25, -0.2) is 9.37 Å². The molecule has 1 amide bonds. The molecule has 0 unspecified atom stereocenters. The fraction of sp³-hybridized carbons (Fsp3) is 0.308. The number of halogens is 1. The average molecular weight is 492 g/mol. The van der Waals surface area contributed by atoms with Gasteiger partial charge in [-0.05, 0) is 24.1 Å². The van der Waals surface area contributed by atoms with Gasteiger partial charge in [-0.15, -0.1) is 0 Å². The van der Waals surface area contributed by atoms with Crippen LogP contribution in [0.2, 0.25) is 0 Å². The lowest BCUT2D eigenvalue weighted by molar-refractivity contribution is -0.134. The molecular formula is C26H26FN5O2S. The van der Waals surface area contributed by atoms with Gasteiger partial charge in [0.05, 0.1) is 11.6 Å². The maximum absolute atomic E-state index is 14.2. The lowest BCUT2D eigenvalue weighted by Crippen LogP contribution is -2.49. The normalized spacial score (nSPS) is 15.4. The first-order valence-electron chi connectivity index (χ1n) is 11.7. The molecule has 0 bridgehead atoms. The molecule has 0 aliphatic carbocycles. The number of nitrogens with zero attached hydrogens (tertiary/aromatic N) is 5. The highest BCUT2D eigenvalue weighted by Crippen LogP contribution is 2.27. The second kappa shape index (κ2) is 10.1. The summed E-state index contributed by atoms with van der Waals surface area (Å²) in [7, 11) is 0. The van der Waals surface area contributed by atoms with E-state index in [1.807, 2.05) is 42.2 Å². The number of carbonyl (C=O) groups excluding carboxylic acids is 1. The van der Waals surface area contributed by atoms with Crippen molar-refractivity contribution in [1.29, 1.82) is 0 Å². The van der Waals surface area contributed by atoms with E-state index in [-0.39, 0.29) is 23.2 Å². The Hall–Kier alpha value is -3.43. The van der Waals surface area contributed by atoms with Gasteiger partial charge in [0.15, 0.2) is 5.01 Å². The minimum absolute atomic E-state index is 0.123. The molecule has 1 atom stereocenters. The van der Waals surface area contributed by atoms with Crippen LogP contribution in [0, 0.1) is 5.82 Å². The predicted molar refractivity (Wildman–Crippen MR) is 134 cm³/mol. The zero-order valence-corrected chi connectivity index (χ0v) is 20.2. The molecular weight excluding hydrogens is 465 g/mol. The molecule has 1 saturated heterocycles. The molecule has 1 aliphatic rings. The number of rotatable bonds is 6. The molecule has 4 aromatic rings. The van der Waals surface area contributed by atoms with E-state index in [1.54, 1.807) is 18.2 Å². The predicted octanol–water partition coefficient (Wildman–Crippen LogP) is 3.80. The topological polar surface area (TPSA) is 70.8 Å². The number of carbonyl (C=O) groups is 1. The molecule has 1 fully saturated rings. The number of hydrogen-bond donors (Lipinski definition) is 0. The van der Waals surface area contributed by atoms with E-state index < -0.39 is 0 Å². The Morgan fingerprint density at radius 1 is 1.06 bits per heavy atom. The van der Waals surface area contributed by atoms with Crippen molar-refractivity contribution >= 4 is 22.2 Å². The first kappa shape index (κ1) is 23.3. The van der Waals surface area contributed by atoms with Gasteiger partial charge in [0.25, 0.3) is 5.56 Å². The Kier molecular flexibility index (Phi) is 6.70. The van der Waals surface area contributed by atoms with Crippen LogP contribution >= 0.6 is 11.3 Å². The van der Waals surface area contributed by atoms with Gasteiger partial charge in [-0.2, -0.15) is 9.61 Å². The second-order valence-corrected chi connectivity index (χ2v) is 9.60. The summed E-state index contributed by atoms with van der Waals surface area (Å²) in [4.78, 5) is 35.0. The van der Waals surface area contributed by atoms with Gasteiger partial charge in [-0.3, -0.25) is 14.5 Å². The molecule has 35 heavy (non-hydrogen) atoms. The summed E-state index contributed by atoms with van der Waals surface area (Å²) in [6.45, 7) is 5.25. The largest absolute Gasteiger partial charge is 0.340 e. The van der Waals surface area contributed by atoms with Crippen LogP contribution in [-0.4, -0.2) is 56.5 Å². The van der Waals surface area contributed by atoms with Crippen molar-refractivity contribution < 1.29 is 9.18 Å².